The highest BCUT2D eigenvalue weighted by molar-refractivity contribution is 5.78. The van der Waals surface area contributed by atoms with Gasteiger partial charge >= 0.3 is 0 Å². The molecule has 0 N–H and O–H groups in total. The fraction of sp³-hybridized carbons (Fsp3) is 0.308. The quantitative estimate of drug-likeness (QED) is 0.733. The lowest BCUT2D eigenvalue weighted by Gasteiger charge is -2.13. The molecule has 0 atom stereocenters. The largest absolute Gasteiger partial charge is 0.496 e. The monoisotopic (exact) mass is 201 g/mol. The second kappa shape index (κ2) is 4.30. The maximum Gasteiger partial charge on any atom is 0.129 e. The first-order valence-corrected chi connectivity index (χ1v) is 5.17. The Balaban J connectivity index is 2.41. The molecule has 0 aromatic carbocycles. The molecule has 1 aliphatic rings. The molecule has 0 bridgehead atoms. The molecule has 15 heavy (non-hydrogen) atoms. The molecule has 1 heterocycles. The molecule has 0 amide bonds. The Morgan fingerprint density at radius 1 is 1.40 bits per heavy atom. The zero-order chi connectivity index (χ0) is 10.7. The lowest BCUT2D eigenvalue weighted by atomic mass is 9.96. The second-order valence-corrected chi connectivity index (χ2v) is 3.76. The molecule has 0 saturated heterocycles. The number of aromatic nitrogens is 1. The van der Waals surface area contributed by atoms with Gasteiger partial charge in [-0.25, -0.2) is 0 Å². The highest BCUT2D eigenvalue weighted by atomic mass is 16.5. The van der Waals surface area contributed by atoms with Crippen LogP contribution in [0.4, 0.5) is 0 Å². The molecule has 0 saturated carbocycles. The van der Waals surface area contributed by atoms with Crippen LogP contribution in [0, 0.1) is 0 Å². The maximum absolute atomic E-state index is 5.32. The Bertz CT molecular complexity index is 418. The fourth-order valence-corrected chi connectivity index (χ4v) is 1.82. The summed E-state index contributed by atoms with van der Waals surface area (Å²) in [5, 5.41) is 0. The summed E-state index contributed by atoms with van der Waals surface area (Å²) in [6.07, 6.45) is 10.3. The van der Waals surface area contributed by atoms with Gasteiger partial charge in [-0.05, 0) is 31.4 Å². The van der Waals surface area contributed by atoms with Crippen molar-refractivity contribution in [1.29, 1.82) is 0 Å². The van der Waals surface area contributed by atoms with Crippen LogP contribution in [0.25, 0.3) is 5.57 Å². The van der Waals surface area contributed by atoms with Crippen LogP contribution >= 0.6 is 0 Å². The summed E-state index contributed by atoms with van der Waals surface area (Å²) in [6, 6.07) is 1.90. The van der Waals surface area contributed by atoms with Crippen molar-refractivity contribution >= 4 is 5.57 Å². The van der Waals surface area contributed by atoms with Gasteiger partial charge in [-0.3, -0.25) is 4.98 Å². The molecule has 78 valence electrons. The van der Waals surface area contributed by atoms with E-state index in [0.29, 0.717) is 0 Å². The average molecular weight is 201 g/mol. The summed E-state index contributed by atoms with van der Waals surface area (Å²) in [7, 11) is 1.69. The number of hydrogen-bond donors (Lipinski definition) is 0. The van der Waals surface area contributed by atoms with Crippen molar-refractivity contribution in [2.75, 3.05) is 7.11 Å². The summed E-state index contributed by atoms with van der Waals surface area (Å²) < 4.78 is 5.32. The van der Waals surface area contributed by atoms with E-state index in [2.05, 4.69) is 24.1 Å². The summed E-state index contributed by atoms with van der Waals surface area (Å²) >= 11 is 0. The maximum atomic E-state index is 5.32. The van der Waals surface area contributed by atoms with Gasteiger partial charge < -0.3 is 4.74 Å². The summed E-state index contributed by atoms with van der Waals surface area (Å²) in [4.78, 5) is 4.14. The van der Waals surface area contributed by atoms with Gasteiger partial charge in [0.15, 0.2) is 0 Å². The molecule has 2 nitrogen and oxygen atoms in total. The standard InChI is InChI=1S/C13H15NO/c1-10-4-3-5-11(8-10)12-9-14-7-6-13(12)15-2/h5-9H,3-4H2,1-2H3. The van der Waals surface area contributed by atoms with Crippen molar-refractivity contribution in [3.8, 4) is 5.75 Å². The molecule has 0 spiro atoms. The Morgan fingerprint density at radius 2 is 2.27 bits per heavy atom. The number of methoxy groups -OCH3 is 1. The van der Waals surface area contributed by atoms with Crippen LogP contribution in [0.5, 0.6) is 5.75 Å². The number of pyridine rings is 1. The SMILES string of the molecule is COc1ccncc1C1=CCCC(C)=C1. The third-order valence-corrected chi connectivity index (χ3v) is 2.62. The summed E-state index contributed by atoms with van der Waals surface area (Å²) in [6.45, 7) is 2.16. The van der Waals surface area contributed by atoms with Crippen LogP contribution in [-0.4, -0.2) is 12.1 Å². The zero-order valence-electron chi connectivity index (χ0n) is 9.16. The molecule has 1 aromatic heterocycles. The third kappa shape index (κ3) is 2.09. The molecular weight excluding hydrogens is 186 g/mol. The van der Waals surface area contributed by atoms with Gasteiger partial charge in [0.05, 0.1) is 7.11 Å². The lowest BCUT2D eigenvalue weighted by Crippen LogP contribution is -1.94. The van der Waals surface area contributed by atoms with Crippen LogP contribution in [0.1, 0.15) is 25.3 Å². The van der Waals surface area contributed by atoms with E-state index in [0.717, 1.165) is 24.2 Å². The lowest BCUT2D eigenvalue weighted by molar-refractivity contribution is 0.413. The Hall–Kier alpha value is -1.57. The highest BCUT2D eigenvalue weighted by Gasteiger charge is 2.09. The van der Waals surface area contributed by atoms with Crippen molar-refractivity contribution in [2.45, 2.75) is 19.8 Å². The highest BCUT2D eigenvalue weighted by Crippen LogP contribution is 2.30. The van der Waals surface area contributed by atoms with Gasteiger partial charge in [0.25, 0.3) is 0 Å². The predicted molar refractivity (Wildman–Crippen MR) is 61.8 cm³/mol. The van der Waals surface area contributed by atoms with E-state index in [-0.39, 0.29) is 0 Å². The topological polar surface area (TPSA) is 22.1 Å². The predicted octanol–water partition coefficient (Wildman–Crippen LogP) is 3.21. The van der Waals surface area contributed by atoms with Crippen molar-refractivity contribution < 1.29 is 4.74 Å². The first kappa shape index (κ1) is 9.97. The zero-order valence-corrected chi connectivity index (χ0v) is 9.16. The first-order chi connectivity index (χ1) is 7.31. The molecule has 1 aliphatic carbocycles. The van der Waals surface area contributed by atoms with Gasteiger partial charge in [0, 0.05) is 18.0 Å². The Kier molecular flexibility index (Phi) is 2.86. The Labute approximate surface area is 90.3 Å². The van der Waals surface area contributed by atoms with E-state index >= 15 is 0 Å². The van der Waals surface area contributed by atoms with E-state index in [4.69, 9.17) is 4.74 Å². The van der Waals surface area contributed by atoms with E-state index in [1.165, 1.54) is 11.1 Å². The van der Waals surface area contributed by atoms with Crippen LogP contribution in [0.3, 0.4) is 0 Å². The Morgan fingerprint density at radius 3 is 3.00 bits per heavy atom. The van der Waals surface area contributed by atoms with E-state index in [1.54, 1.807) is 13.3 Å². The van der Waals surface area contributed by atoms with Crippen LogP contribution in [0.2, 0.25) is 0 Å². The number of rotatable bonds is 2. The van der Waals surface area contributed by atoms with E-state index in [1.807, 2.05) is 12.3 Å². The minimum atomic E-state index is 0.891. The second-order valence-electron chi connectivity index (χ2n) is 3.76. The van der Waals surface area contributed by atoms with Crippen molar-refractivity contribution in [2.24, 2.45) is 0 Å². The van der Waals surface area contributed by atoms with Crippen molar-refractivity contribution in [3.05, 3.63) is 41.7 Å². The number of nitrogens with zero attached hydrogens (tertiary/aromatic N) is 1. The molecule has 0 radical (unpaired) electrons. The average Bonchev–Trinajstić information content (AvgIpc) is 2.29. The minimum Gasteiger partial charge on any atom is -0.496 e. The van der Waals surface area contributed by atoms with Crippen molar-refractivity contribution in [1.82, 2.24) is 4.98 Å². The molecular formula is C13H15NO. The smallest absolute Gasteiger partial charge is 0.129 e. The van der Waals surface area contributed by atoms with Gasteiger partial charge in [-0.1, -0.05) is 17.7 Å². The van der Waals surface area contributed by atoms with Crippen LogP contribution < -0.4 is 4.74 Å². The molecule has 0 fully saturated rings. The molecule has 0 unspecified atom stereocenters. The van der Waals surface area contributed by atoms with Crippen LogP contribution in [0.15, 0.2) is 36.2 Å². The van der Waals surface area contributed by atoms with Gasteiger partial charge in [0.2, 0.25) is 0 Å². The number of ether oxygens (including phenoxy) is 1. The van der Waals surface area contributed by atoms with Gasteiger partial charge in [-0.2, -0.15) is 0 Å². The molecule has 0 aliphatic heterocycles. The fourth-order valence-electron chi connectivity index (χ4n) is 1.82. The van der Waals surface area contributed by atoms with Gasteiger partial charge in [-0.15, -0.1) is 0 Å². The van der Waals surface area contributed by atoms with Crippen molar-refractivity contribution in [3.63, 3.8) is 0 Å². The van der Waals surface area contributed by atoms with E-state index < -0.39 is 0 Å². The minimum absolute atomic E-state index is 0.891. The third-order valence-electron chi connectivity index (χ3n) is 2.62. The number of hydrogen-bond acceptors (Lipinski definition) is 2. The molecule has 2 rings (SSSR count). The van der Waals surface area contributed by atoms with Crippen LogP contribution in [-0.2, 0) is 0 Å². The molecule has 2 heteroatoms. The van der Waals surface area contributed by atoms with E-state index in [9.17, 15) is 0 Å². The number of allylic oxidation sites excluding steroid dienone is 4. The van der Waals surface area contributed by atoms with Gasteiger partial charge in [0.1, 0.15) is 5.75 Å². The first-order valence-electron chi connectivity index (χ1n) is 5.17. The molecule has 1 aromatic rings. The summed E-state index contributed by atoms with van der Waals surface area (Å²) in [5.41, 5.74) is 3.72. The summed E-state index contributed by atoms with van der Waals surface area (Å²) in [5.74, 6) is 0.891. The normalized spacial score (nSPS) is 15.6.